The Balaban J connectivity index is 2.52. The lowest BCUT2D eigenvalue weighted by molar-refractivity contribution is 0.437. The van der Waals surface area contributed by atoms with Crippen molar-refractivity contribution in [3.05, 3.63) is 28.7 Å². The van der Waals surface area contributed by atoms with E-state index in [2.05, 4.69) is 21.1 Å². The van der Waals surface area contributed by atoms with Crippen LogP contribution in [0.5, 0.6) is 5.75 Å². The van der Waals surface area contributed by atoms with E-state index in [1.54, 1.807) is 24.3 Å². The molecule has 72 valence electrons. The van der Waals surface area contributed by atoms with Gasteiger partial charge in [0.1, 0.15) is 11.4 Å². The zero-order valence-electron chi connectivity index (χ0n) is 7.07. The van der Waals surface area contributed by atoms with Crippen LogP contribution in [0.15, 0.2) is 33.3 Å². The van der Waals surface area contributed by atoms with Gasteiger partial charge < -0.3 is 15.4 Å². The second-order valence-electron chi connectivity index (χ2n) is 2.78. The predicted molar refractivity (Wildman–Crippen MR) is 55.7 cm³/mol. The van der Waals surface area contributed by atoms with E-state index in [9.17, 15) is 5.11 Å². The van der Waals surface area contributed by atoms with Crippen molar-refractivity contribution in [2.45, 2.75) is 0 Å². The zero-order valence-corrected chi connectivity index (χ0v) is 8.65. The van der Waals surface area contributed by atoms with Crippen molar-refractivity contribution in [1.29, 1.82) is 0 Å². The maximum absolute atomic E-state index is 9.60. The highest BCUT2D eigenvalue weighted by Crippen LogP contribution is 2.31. The summed E-state index contributed by atoms with van der Waals surface area (Å²) in [5.41, 5.74) is 6.49. The number of halogens is 1. The molecule has 0 radical (unpaired) electrons. The molecule has 0 saturated heterocycles. The average Bonchev–Trinajstić information content (AvgIpc) is 2.51. The number of benzene rings is 1. The van der Waals surface area contributed by atoms with Gasteiger partial charge in [0.2, 0.25) is 5.88 Å². The summed E-state index contributed by atoms with van der Waals surface area (Å²) in [5.74, 6) is 0.356. The van der Waals surface area contributed by atoms with Crippen molar-refractivity contribution in [3.8, 4) is 17.0 Å². The summed E-state index contributed by atoms with van der Waals surface area (Å²) < 4.78 is 5.51. The monoisotopic (exact) mass is 254 g/mol. The predicted octanol–water partition coefficient (Wildman–Crippen LogP) is 2.39. The van der Waals surface area contributed by atoms with Crippen LogP contribution in [-0.2, 0) is 0 Å². The molecule has 5 heteroatoms. The Morgan fingerprint density at radius 3 is 2.71 bits per heavy atom. The highest BCUT2D eigenvalue weighted by Gasteiger charge is 2.08. The highest BCUT2D eigenvalue weighted by atomic mass is 79.9. The highest BCUT2D eigenvalue weighted by molar-refractivity contribution is 9.10. The van der Waals surface area contributed by atoms with Crippen molar-refractivity contribution in [1.82, 2.24) is 5.16 Å². The summed E-state index contributed by atoms with van der Waals surface area (Å²) in [7, 11) is 0. The van der Waals surface area contributed by atoms with Gasteiger partial charge in [-0.2, -0.15) is 0 Å². The number of hydrogen-bond acceptors (Lipinski definition) is 4. The number of phenols is 1. The molecule has 0 saturated carbocycles. The third-order valence-electron chi connectivity index (χ3n) is 1.76. The van der Waals surface area contributed by atoms with Gasteiger partial charge in [0, 0.05) is 16.1 Å². The second-order valence-corrected chi connectivity index (χ2v) is 3.69. The van der Waals surface area contributed by atoms with Crippen LogP contribution in [0.1, 0.15) is 0 Å². The number of nitrogens with zero attached hydrogens (tertiary/aromatic N) is 1. The summed E-state index contributed by atoms with van der Waals surface area (Å²) in [6, 6.07) is 6.68. The van der Waals surface area contributed by atoms with Crippen LogP contribution in [0.2, 0.25) is 0 Å². The Labute approximate surface area is 88.5 Å². The molecule has 1 aromatic carbocycles. The zero-order chi connectivity index (χ0) is 10.1. The molecule has 0 spiro atoms. The Kier molecular flexibility index (Phi) is 2.17. The Morgan fingerprint density at radius 2 is 2.14 bits per heavy atom. The first-order valence-electron chi connectivity index (χ1n) is 3.88. The van der Waals surface area contributed by atoms with E-state index in [1.165, 1.54) is 0 Å². The minimum atomic E-state index is 0.132. The Hall–Kier alpha value is -1.49. The van der Waals surface area contributed by atoms with Gasteiger partial charge in [-0.3, -0.25) is 0 Å². The first-order chi connectivity index (χ1) is 6.66. The van der Waals surface area contributed by atoms with Crippen LogP contribution in [0.4, 0.5) is 5.88 Å². The number of nitrogen functional groups attached to an aromatic ring is 1. The summed E-state index contributed by atoms with van der Waals surface area (Å²) in [6.45, 7) is 0. The topological polar surface area (TPSA) is 72.3 Å². The molecule has 0 aliphatic rings. The summed E-state index contributed by atoms with van der Waals surface area (Å²) >= 11 is 3.25. The van der Waals surface area contributed by atoms with E-state index < -0.39 is 0 Å². The second kappa shape index (κ2) is 3.34. The third-order valence-corrected chi connectivity index (χ3v) is 2.26. The summed E-state index contributed by atoms with van der Waals surface area (Å²) in [5, 5.41) is 13.3. The molecular formula is C9H7BrN2O2. The van der Waals surface area contributed by atoms with Crippen LogP contribution < -0.4 is 5.73 Å². The summed E-state index contributed by atoms with van der Waals surface area (Å²) in [4.78, 5) is 0. The molecule has 1 heterocycles. The number of rotatable bonds is 1. The van der Waals surface area contributed by atoms with E-state index in [4.69, 9.17) is 10.3 Å². The molecule has 0 unspecified atom stereocenters. The molecule has 14 heavy (non-hydrogen) atoms. The van der Waals surface area contributed by atoms with Gasteiger partial charge >= 0.3 is 0 Å². The number of aromatic hydroxyl groups is 1. The van der Waals surface area contributed by atoms with Gasteiger partial charge in [0.05, 0.1) is 0 Å². The number of nitrogens with two attached hydrogens (primary N) is 1. The standard InChI is InChI=1S/C9H7BrN2O2/c10-5-1-2-6(8(13)3-5)7-4-9(11)14-12-7/h1-4,13H,11H2. The quantitative estimate of drug-likeness (QED) is 0.820. The Bertz CT molecular complexity index is 468. The molecule has 0 fully saturated rings. The first kappa shape index (κ1) is 9.08. The van der Waals surface area contributed by atoms with Crippen molar-refractivity contribution < 1.29 is 9.63 Å². The lowest BCUT2D eigenvalue weighted by atomic mass is 10.1. The fraction of sp³-hybridized carbons (Fsp3) is 0. The van der Waals surface area contributed by atoms with E-state index in [0.717, 1.165) is 4.47 Å². The van der Waals surface area contributed by atoms with E-state index in [-0.39, 0.29) is 11.6 Å². The molecular weight excluding hydrogens is 248 g/mol. The van der Waals surface area contributed by atoms with Gasteiger partial charge in [-0.1, -0.05) is 21.1 Å². The van der Waals surface area contributed by atoms with Gasteiger partial charge in [-0.15, -0.1) is 0 Å². The number of aromatic nitrogens is 1. The van der Waals surface area contributed by atoms with Gasteiger partial charge in [-0.25, -0.2) is 0 Å². The lowest BCUT2D eigenvalue weighted by Crippen LogP contribution is -1.79. The SMILES string of the molecule is Nc1cc(-c2ccc(Br)cc2O)no1. The fourth-order valence-electron chi connectivity index (χ4n) is 1.14. The molecule has 0 aliphatic carbocycles. The molecule has 4 nitrogen and oxygen atoms in total. The van der Waals surface area contributed by atoms with Gasteiger partial charge in [0.25, 0.3) is 0 Å². The minimum absolute atomic E-state index is 0.132. The molecule has 1 aromatic heterocycles. The summed E-state index contributed by atoms with van der Waals surface area (Å²) in [6.07, 6.45) is 0. The molecule has 0 bridgehead atoms. The molecule has 2 rings (SSSR count). The third kappa shape index (κ3) is 1.58. The number of phenolic OH excluding ortho intramolecular Hbond substituents is 1. The van der Waals surface area contributed by atoms with Gasteiger partial charge in [0.15, 0.2) is 0 Å². The molecule has 0 atom stereocenters. The molecule has 3 N–H and O–H groups in total. The van der Waals surface area contributed by atoms with Crippen molar-refractivity contribution in [2.24, 2.45) is 0 Å². The fourth-order valence-corrected chi connectivity index (χ4v) is 1.49. The molecule has 0 amide bonds. The van der Waals surface area contributed by atoms with Crippen LogP contribution >= 0.6 is 15.9 Å². The van der Waals surface area contributed by atoms with Crippen LogP contribution in [0, 0.1) is 0 Å². The van der Waals surface area contributed by atoms with Crippen LogP contribution in [0.3, 0.4) is 0 Å². The van der Waals surface area contributed by atoms with Gasteiger partial charge in [-0.05, 0) is 18.2 Å². The lowest BCUT2D eigenvalue weighted by Gasteiger charge is -1.99. The average molecular weight is 255 g/mol. The van der Waals surface area contributed by atoms with E-state index >= 15 is 0 Å². The maximum atomic E-state index is 9.60. The van der Waals surface area contributed by atoms with E-state index in [0.29, 0.717) is 11.3 Å². The molecule has 0 aliphatic heterocycles. The van der Waals surface area contributed by atoms with Crippen LogP contribution in [-0.4, -0.2) is 10.3 Å². The maximum Gasteiger partial charge on any atom is 0.222 e. The van der Waals surface area contributed by atoms with Crippen LogP contribution in [0.25, 0.3) is 11.3 Å². The largest absolute Gasteiger partial charge is 0.507 e. The number of anilines is 1. The Morgan fingerprint density at radius 1 is 1.36 bits per heavy atom. The van der Waals surface area contributed by atoms with Crippen molar-refractivity contribution >= 4 is 21.8 Å². The minimum Gasteiger partial charge on any atom is -0.507 e. The first-order valence-corrected chi connectivity index (χ1v) is 4.67. The normalized spacial score (nSPS) is 10.4. The molecule has 2 aromatic rings. The smallest absolute Gasteiger partial charge is 0.222 e. The van der Waals surface area contributed by atoms with Crippen molar-refractivity contribution in [2.75, 3.05) is 5.73 Å². The van der Waals surface area contributed by atoms with Crippen molar-refractivity contribution in [3.63, 3.8) is 0 Å². The van der Waals surface area contributed by atoms with E-state index in [1.807, 2.05) is 0 Å². The number of hydrogen-bond donors (Lipinski definition) is 2.